The standard InChI is InChI=1S/C15H30N2O4/c1-11(2)9-13(15(20)21-5)16-14(19)10-17(12(3)4)7-6-8-18/h11-13,18H,6-10H2,1-5H3,(H,16,19). The zero-order valence-electron chi connectivity index (χ0n) is 13.9. The Balaban J connectivity index is 4.55. The van der Waals surface area contributed by atoms with Gasteiger partial charge < -0.3 is 15.2 Å². The minimum atomic E-state index is -0.602. The summed E-state index contributed by atoms with van der Waals surface area (Å²) in [6.07, 6.45) is 1.18. The van der Waals surface area contributed by atoms with Gasteiger partial charge in [0.25, 0.3) is 0 Å². The zero-order valence-corrected chi connectivity index (χ0v) is 13.9. The highest BCUT2D eigenvalue weighted by Crippen LogP contribution is 2.07. The Kier molecular flexibility index (Phi) is 9.99. The van der Waals surface area contributed by atoms with E-state index in [2.05, 4.69) is 5.32 Å². The Morgan fingerprint density at radius 3 is 2.29 bits per heavy atom. The summed E-state index contributed by atoms with van der Waals surface area (Å²) in [5.74, 6) is -0.328. The molecule has 0 aliphatic heterocycles. The lowest BCUT2D eigenvalue weighted by molar-refractivity contribution is -0.145. The minimum Gasteiger partial charge on any atom is -0.467 e. The van der Waals surface area contributed by atoms with Gasteiger partial charge >= 0.3 is 5.97 Å². The second-order valence-corrected chi connectivity index (χ2v) is 5.91. The molecule has 0 radical (unpaired) electrons. The average Bonchev–Trinajstić information content (AvgIpc) is 2.40. The van der Waals surface area contributed by atoms with Gasteiger partial charge in [0.15, 0.2) is 0 Å². The van der Waals surface area contributed by atoms with Gasteiger partial charge in [0.05, 0.1) is 13.7 Å². The molecule has 0 aliphatic rings. The number of nitrogens with zero attached hydrogens (tertiary/aromatic N) is 1. The summed E-state index contributed by atoms with van der Waals surface area (Å²) in [5, 5.41) is 11.6. The second kappa shape index (κ2) is 10.6. The van der Waals surface area contributed by atoms with Crippen LogP contribution in [0.4, 0.5) is 0 Å². The van der Waals surface area contributed by atoms with Crippen molar-refractivity contribution >= 4 is 11.9 Å². The number of aliphatic hydroxyl groups is 1. The first kappa shape index (κ1) is 19.9. The quantitative estimate of drug-likeness (QED) is 0.583. The largest absolute Gasteiger partial charge is 0.467 e. The first-order valence-corrected chi connectivity index (χ1v) is 7.53. The summed E-state index contributed by atoms with van der Waals surface area (Å²) < 4.78 is 4.73. The molecule has 0 spiro atoms. The first-order valence-electron chi connectivity index (χ1n) is 7.53. The number of rotatable bonds is 10. The van der Waals surface area contributed by atoms with Crippen molar-refractivity contribution in [3.05, 3.63) is 0 Å². The predicted molar refractivity (Wildman–Crippen MR) is 81.8 cm³/mol. The van der Waals surface area contributed by atoms with Crippen LogP contribution >= 0.6 is 0 Å². The van der Waals surface area contributed by atoms with Gasteiger partial charge in [-0.25, -0.2) is 4.79 Å². The first-order chi connectivity index (χ1) is 9.81. The summed E-state index contributed by atoms with van der Waals surface area (Å²) in [4.78, 5) is 25.8. The van der Waals surface area contributed by atoms with Gasteiger partial charge in [-0.2, -0.15) is 0 Å². The topological polar surface area (TPSA) is 78.9 Å². The maximum absolute atomic E-state index is 12.1. The molecular formula is C15H30N2O4. The van der Waals surface area contributed by atoms with Gasteiger partial charge in [-0.3, -0.25) is 9.69 Å². The van der Waals surface area contributed by atoms with Crippen molar-refractivity contribution in [2.75, 3.05) is 26.8 Å². The number of hydrogen-bond donors (Lipinski definition) is 2. The van der Waals surface area contributed by atoms with Crippen LogP contribution in [0.2, 0.25) is 0 Å². The van der Waals surface area contributed by atoms with E-state index in [9.17, 15) is 9.59 Å². The molecule has 0 aromatic heterocycles. The second-order valence-electron chi connectivity index (χ2n) is 5.91. The van der Waals surface area contributed by atoms with Crippen molar-refractivity contribution in [3.8, 4) is 0 Å². The number of hydrogen-bond acceptors (Lipinski definition) is 5. The molecule has 1 unspecified atom stereocenters. The number of aliphatic hydroxyl groups excluding tert-OH is 1. The normalized spacial score (nSPS) is 12.8. The van der Waals surface area contributed by atoms with E-state index in [0.717, 1.165) is 0 Å². The molecule has 0 fully saturated rings. The van der Waals surface area contributed by atoms with E-state index in [1.807, 2.05) is 32.6 Å². The fourth-order valence-corrected chi connectivity index (χ4v) is 2.05. The maximum atomic E-state index is 12.1. The van der Waals surface area contributed by atoms with Gasteiger partial charge in [-0.05, 0) is 32.6 Å². The lowest BCUT2D eigenvalue weighted by atomic mass is 10.0. The molecule has 21 heavy (non-hydrogen) atoms. The van der Waals surface area contributed by atoms with Gasteiger partial charge in [0, 0.05) is 19.2 Å². The molecule has 0 aromatic carbocycles. The summed E-state index contributed by atoms with van der Waals surface area (Å²) in [6.45, 7) is 8.93. The van der Waals surface area contributed by atoms with E-state index >= 15 is 0 Å². The Morgan fingerprint density at radius 1 is 1.24 bits per heavy atom. The summed E-state index contributed by atoms with van der Waals surface area (Å²) in [5.41, 5.74) is 0. The van der Waals surface area contributed by atoms with Crippen molar-refractivity contribution in [1.29, 1.82) is 0 Å². The molecule has 1 amide bonds. The number of esters is 1. The van der Waals surface area contributed by atoms with Crippen LogP contribution in [0.3, 0.4) is 0 Å². The van der Waals surface area contributed by atoms with Gasteiger partial charge in [0.2, 0.25) is 5.91 Å². The highest BCUT2D eigenvalue weighted by Gasteiger charge is 2.23. The van der Waals surface area contributed by atoms with Gasteiger partial charge in [-0.15, -0.1) is 0 Å². The van der Waals surface area contributed by atoms with Crippen LogP contribution in [0.5, 0.6) is 0 Å². The summed E-state index contributed by atoms with van der Waals surface area (Å²) in [7, 11) is 1.32. The Morgan fingerprint density at radius 2 is 1.86 bits per heavy atom. The number of methoxy groups -OCH3 is 1. The van der Waals surface area contributed by atoms with Crippen LogP contribution in [0, 0.1) is 5.92 Å². The molecule has 0 aliphatic carbocycles. The van der Waals surface area contributed by atoms with E-state index < -0.39 is 12.0 Å². The minimum absolute atomic E-state index is 0.100. The highest BCUT2D eigenvalue weighted by molar-refractivity contribution is 5.85. The van der Waals surface area contributed by atoms with Gasteiger partial charge in [-0.1, -0.05) is 13.8 Å². The van der Waals surface area contributed by atoms with E-state index in [4.69, 9.17) is 9.84 Å². The highest BCUT2D eigenvalue weighted by atomic mass is 16.5. The molecule has 6 heteroatoms. The monoisotopic (exact) mass is 302 g/mol. The van der Waals surface area contributed by atoms with E-state index in [1.165, 1.54) is 7.11 Å². The van der Waals surface area contributed by atoms with Crippen molar-refractivity contribution in [3.63, 3.8) is 0 Å². The third kappa shape index (κ3) is 8.67. The van der Waals surface area contributed by atoms with Crippen LogP contribution in [0.25, 0.3) is 0 Å². The van der Waals surface area contributed by atoms with Crippen LogP contribution < -0.4 is 5.32 Å². The molecule has 124 valence electrons. The molecule has 2 N–H and O–H groups in total. The molecule has 6 nitrogen and oxygen atoms in total. The van der Waals surface area contributed by atoms with Crippen LogP contribution in [-0.2, 0) is 14.3 Å². The predicted octanol–water partition coefficient (Wildman–Crippen LogP) is 0.783. The maximum Gasteiger partial charge on any atom is 0.328 e. The zero-order chi connectivity index (χ0) is 16.4. The lowest BCUT2D eigenvalue weighted by Crippen LogP contribution is -2.48. The number of ether oxygens (including phenoxy) is 1. The lowest BCUT2D eigenvalue weighted by Gasteiger charge is -2.26. The van der Waals surface area contributed by atoms with Crippen LogP contribution in [-0.4, -0.2) is 60.8 Å². The summed E-state index contributed by atoms with van der Waals surface area (Å²) in [6, 6.07) is -0.404. The Hall–Kier alpha value is -1.14. The SMILES string of the molecule is COC(=O)C(CC(C)C)NC(=O)CN(CCCO)C(C)C. The van der Waals surface area contributed by atoms with E-state index in [0.29, 0.717) is 19.4 Å². The van der Waals surface area contributed by atoms with Crippen LogP contribution in [0.1, 0.15) is 40.5 Å². The Bertz CT molecular complexity index is 319. The molecule has 1 atom stereocenters. The summed E-state index contributed by atoms with van der Waals surface area (Å²) >= 11 is 0. The fourth-order valence-electron chi connectivity index (χ4n) is 2.05. The number of carbonyl (C=O) groups is 2. The molecule has 0 aromatic rings. The smallest absolute Gasteiger partial charge is 0.328 e. The van der Waals surface area contributed by atoms with Crippen molar-refractivity contribution in [1.82, 2.24) is 10.2 Å². The van der Waals surface area contributed by atoms with Crippen molar-refractivity contribution < 1.29 is 19.4 Å². The number of nitrogens with one attached hydrogen (secondary N) is 1. The number of amides is 1. The van der Waals surface area contributed by atoms with Crippen LogP contribution in [0.15, 0.2) is 0 Å². The molecule has 0 rings (SSSR count). The third-order valence-corrected chi connectivity index (χ3v) is 3.21. The molecule has 0 bridgehead atoms. The Labute approximate surface area is 127 Å². The fraction of sp³-hybridized carbons (Fsp3) is 0.867. The van der Waals surface area contributed by atoms with E-state index in [1.54, 1.807) is 0 Å². The molecule has 0 saturated carbocycles. The number of carbonyl (C=O) groups excluding carboxylic acids is 2. The van der Waals surface area contributed by atoms with Crippen molar-refractivity contribution in [2.24, 2.45) is 5.92 Å². The molecular weight excluding hydrogens is 272 g/mol. The molecule has 0 heterocycles. The average molecular weight is 302 g/mol. The third-order valence-electron chi connectivity index (χ3n) is 3.21. The van der Waals surface area contributed by atoms with Crippen molar-refractivity contribution in [2.45, 2.75) is 52.6 Å². The van der Waals surface area contributed by atoms with E-state index in [-0.39, 0.29) is 31.0 Å². The van der Waals surface area contributed by atoms with Gasteiger partial charge in [0.1, 0.15) is 6.04 Å². The molecule has 0 saturated heterocycles.